The van der Waals surface area contributed by atoms with Crippen molar-refractivity contribution in [2.45, 2.75) is 19.8 Å². The van der Waals surface area contributed by atoms with E-state index in [-0.39, 0.29) is 24.0 Å². The zero-order chi connectivity index (χ0) is 19.6. The zero-order valence-corrected chi connectivity index (χ0v) is 19.1. The Hall–Kier alpha value is -2.27. The number of nitrogens with one attached hydrogen (secondary N) is 2. The molecule has 2 N–H and O–H groups in total. The molecular weight excluding hydrogens is 505 g/mol. The highest BCUT2D eigenvalue weighted by atomic mass is 127. The molecule has 0 aliphatic carbocycles. The first-order chi connectivity index (χ1) is 13.7. The SMILES string of the molecule is CCNC(=NCCc1noc(-c2ccccn2)n1)NCCc1ccc(Cl)nc1.I. The van der Waals surface area contributed by atoms with Gasteiger partial charge in [-0.05, 0) is 37.1 Å². The van der Waals surface area contributed by atoms with E-state index >= 15 is 0 Å². The lowest BCUT2D eigenvalue weighted by Crippen LogP contribution is -2.38. The maximum Gasteiger partial charge on any atom is 0.276 e. The minimum absolute atomic E-state index is 0. The molecule has 3 aromatic rings. The molecule has 29 heavy (non-hydrogen) atoms. The van der Waals surface area contributed by atoms with Crippen LogP contribution in [-0.2, 0) is 12.8 Å². The highest BCUT2D eigenvalue weighted by Crippen LogP contribution is 2.13. The summed E-state index contributed by atoms with van der Waals surface area (Å²) >= 11 is 5.81. The summed E-state index contributed by atoms with van der Waals surface area (Å²) in [6.07, 6.45) is 4.88. The predicted octanol–water partition coefficient (Wildman–Crippen LogP) is 3.14. The lowest BCUT2D eigenvalue weighted by atomic mass is 10.2. The molecule has 0 aliphatic rings. The zero-order valence-electron chi connectivity index (χ0n) is 16.0. The van der Waals surface area contributed by atoms with E-state index in [9.17, 15) is 0 Å². The highest BCUT2D eigenvalue weighted by molar-refractivity contribution is 14.0. The van der Waals surface area contributed by atoms with Crippen molar-refractivity contribution in [3.63, 3.8) is 0 Å². The number of halogens is 2. The number of aliphatic imine (C=N–C) groups is 1. The number of hydrogen-bond donors (Lipinski definition) is 2. The third kappa shape index (κ3) is 7.58. The molecule has 0 radical (unpaired) electrons. The quantitative estimate of drug-likeness (QED) is 0.201. The number of pyridine rings is 2. The second-order valence-corrected chi connectivity index (χ2v) is 6.29. The molecule has 0 aliphatic heterocycles. The second kappa shape index (κ2) is 12.3. The molecule has 154 valence electrons. The molecule has 10 heteroatoms. The van der Waals surface area contributed by atoms with E-state index in [0.29, 0.717) is 35.5 Å². The molecule has 0 bridgehead atoms. The van der Waals surface area contributed by atoms with Gasteiger partial charge in [-0.15, -0.1) is 24.0 Å². The monoisotopic (exact) mass is 527 g/mol. The van der Waals surface area contributed by atoms with Crippen molar-refractivity contribution in [2.75, 3.05) is 19.6 Å². The number of guanidine groups is 1. The molecule has 0 amide bonds. The Bertz CT molecular complexity index is 887. The molecule has 0 fully saturated rings. The van der Waals surface area contributed by atoms with E-state index in [4.69, 9.17) is 16.1 Å². The van der Waals surface area contributed by atoms with Crippen molar-refractivity contribution in [3.8, 4) is 11.6 Å². The summed E-state index contributed by atoms with van der Waals surface area (Å²) in [5.74, 6) is 1.77. The standard InChI is InChI=1S/C19H22ClN7O.HI/c1-2-21-19(23-11-8-14-6-7-16(20)25-13-14)24-12-9-17-26-18(28-27-17)15-5-3-4-10-22-15;/h3-7,10,13H,2,8-9,11-12H2,1H3,(H2,21,23,24);1H. The van der Waals surface area contributed by atoms with Crippen molar-refractivity contribution in [2.24, 2.45) is 4.99 Å². The summed E-state index contributed by atoms with van der Waals surface area (Å²) < 4.78 is 5.26. The Morgan fingerprint density at radius 2 is 2.03 bits per heavy atom. The summed E-state index contributed by atoms with van der Waals surface area (Å²) in [7, 11) is 0. The van der Waals surface area contributed by atoms with Gasteiger partial charge in [0, 0.05) is 38.4 Å². The van der Waals surface area contributed by atoms with Gasteiger partial charge in [-0.2, -0.15) is 4.98 Å². The van der Waals surface area contributed by atoms with Crippen molar-refractivity contribution >= 4 is 41.5 Å². The molecule has 0 atom stereocenters. The van der Waals surface area contributed by atoms with Crippen LogP contribution in [0.5, 0.6) is 0 Å². The predicted molar refractivity (Wildman–Crippen MR) is 124 cm³/mol. The highest BCUT2D eigenvalue weighted by Gasteiger charge is 2.09. The second-order valence-electron chi connectivity index (χ2n) is 5.91. The maximum atomic E-state index is 5.81. The fraction of sp³-hybridized carbons (Fsp3) is 0.316. The molecule has 3 aromatic heterocycles. The fourth-order valence-corrected chi connectivity index (χ4v) is 2.55. The van der Waals surface area contributed by atoms with E-state index in [0.717, 1.165) is 31.0 Å². The Morgan fingerprint density at radius 3 is 2.76 bits per heavy atom. The van der Waals surface area contributed by atoms with Crippen LogP contribution in [0.25, 0.3) is 11.6 Å². The van der Waals surface area contributed by atoms with Crippen LogP contribution in [-0.4, -0.2) is 45.7 Å². The van der Waals surface area contributed by atoms with E-state index in [1.165, 1.54) is 0 Å². The number of hydrogen-bond acceptors (Lipinski definition) is 6. The summed E-state index contributed by atoms with van der Waals surface area (Å²) in [6.45, 7) is 4.08. The van der Waals surface area contributed by atoms with Gasteiger partial charge >= 0.3 is 0 Å². The molecule has 0 saturated heterocycles. The molecule has 0 aromatic carbocycles. The first kappa shape index (κ1) is 23.0. The molecule has 8 nitrogen and oxygen atoms in total. The fourth-order valence-electron chi connectivity index (χ4n) is 2.44. The van der Waals surface area contributed by atoms with E-state index < -0.39 is 0 Å². The lowest BCUT2D eigenvalue weighted by Gasteiger charge is -2.11. The van der Waals surface area contributed by atoms with Crippen molar-refractivity contribution in [1.82, 2.24) is 30.7 Å². The van der Waals surface area contributed by atoms with Crippen molar-refractivity contribution < 1.29 is 4.52 Å². The molecule has 0 saturated carbocycles. The van der Waals surface area contributed by atoms with Crippen LogP contribution in [0.1, 0.15) is 18.3 Å². The van der Waals surface area contributed by atoms with E-state index in [2.05, 4.69) is 35.7 Å². The Balaban J connectivity index is 0.00000300. The number of rotatable bonds is 8. The maximum absolute atomic E-state index is 5.81. The summed E-state index contributed by atoms with van der Waals surface area (Å²) in [5.41, 5.74) is 1.78. The third-order valence-corrected chi connectivity index (χ3v) is 4.02. The van der Waals surface area contributed by atoms with E-state index in [1.54, 1.807) is 18.5 Å². The van der Waals surface area contributed by atoms with Crippen LogP contribution in [0.15, 0.2) is 52.2 Å². The summed E-state index contributed by atoms with van der Waals surface area (Å²) in [6, 6.07) is 9.31. The van der Waals surface area contributed by atoms with Gasteiger partial charge in [0.1, 0.15) is 10.8 Å². The number of aromatic nitrogens is 4. The van der Waals surface area contributed by atoms with Crippen LogP contribution in [0, 0.1) is 0 Å². The van der Waals surface area contributed by atoms with Gasteiger partial charge in [-0.1, -0.05) is 28.9 Å². The molecule has 3 heterocycles. The van der Waals surface area contributed by atoms with Gasteiger partial charge in [0.15, 0.2) is 11.8 Å². The average Bonchev–Trinajstić information content (AvgIpc) is 3.19. The van der Waals surface area contributed by atoms with Gasteiger partial charge in [0.25, 0.3) is 5.89 Å². The topological polar surface area (TPSA) is 101 Å². The molecule has 0 unspecified atom stereocenters. The van der Waals surface area contributed by atoms with Gasteiger partial charge in [-0.3, -0.25) is 9.98 Å². The van der Waals surface area contributed by atoms with Gasteiger partial charge in [0.2, 0.25) is 0 Å². The first-order valence-electron chi connectivity index (χ1n) is 9.11. The minimum atomic E-state index is 0. The average molecular weight is 528 g/mol. The van der Waals surface area contributed by atoms with Gasteiger partial charge < -0.3 is 15.2 Å². The molecule has 0 spiro atoms. The largest absolute Gasteiger partial charge is 0.357 e. The summed E-state index contributed by atoms with van der Waals surface area (Å²) in [5, 5.41) is 11.0. The molecule has 3 rings (SSSR count). The van der Waals surface area contributed by atoms with Crippen LogP contribution in [0.4, 0.5) is 0 Å². The van der Waals surface area contributed by atoms with Crippen LogP contribution >= 0.6 is 35.6 Å². The van der Waals surface area contributed by atoms with E-state index in [1.807, 2.05) is 31.2 Å². The Morgan fingerprint density at radius 1 is 1.14 bits per heavy atom. The lowest BCUT2D eigenvalue weighted by molar-refractivity contribution is 0.421. The Kier molecular flexibility index (Phi) is 9.78. The van der Waals surface area contributed by atoms with Gasteiger partial charge in [0.05, 0.1) is 0 Å². The van der Waals surface area contributed by atoms with Gasteiger partial charge in [-0.25, -0.2) is 4.98 Å². The van der Waals surface area contributed by atoms with Crippen molar-refractivity contribution in [3.05, 3.63) is 59.3 Å². The van der Waals surface area contributed by atoms with Crippen LogP contribution in [0.3, 0.4) is 0 Å². The number of nitrogens with zero attached hydrogens (tertiary/aromatic N) is 5. The van der Waals surface area contributed by atoms with Crippen molar-refractivity contribution in [1.29, 1.82) is 0 Å². The summed E-state index contributed by atoms with van der Waals surface area (Å²) in [4.78, 5) is 17.2. The minimum Gasteiger partial charge on any atom is -0.357 e. The first-order valence-corrected chi connectivity index (χ1v) is 9.49. The van der Waals surface area contributed by atoms with Crippen LogP contribution in [0.2, 0.25) is 5.15 Å². The smallest absolute Gasteiger partial charge is 0.276 e. The third-order valence-electron chi connectivity index (χ3n) is 3.80. The molecular formula is C19H23ClIN7O. The van der Waals surface area contributed by atoms with Crippen LogP contribution < -0.4 is 10.6 Å². The Labute approximate surface area is 191 Å². The normalized spacial score (nSPS) is 11.0.